The minimum Gasteiger partial charge on any atom is -0.480 e. The van der Waals surface area contributed by atoms with Gasteiger partial charge in [0.25, 0.3) is 0 Å². The molecule has 0 amide bonds. The zero-order chi connectivity index (χ0) is 6.85. The maximum Gasteiger partial charge on any atom is 0.321 e. The summed E-state index contributed by atoms with van der Waals surface area (Å²) >= 11 is 0. The predicted octanol–water partition coefficient (Wildman–Crippen LogP) is 0.996. The summed E-state index contributed by atoms with van der Waals surface area (Å²) in [5.41, 5.74) is 0. The molecule has 0 bridgehead atoms. The van der Waals surface area contributed by atoms with E-state index < -0.39 is 20.9 Å². The van der Waals surface area contributed by atoms with Gasteiger partial charge in [0.05, 0.1) is 0 Å². The Morgan fingerprint density at radius 1 is 1.89 bits per heavy atom. The first-order valence-electron chi connectivity index (χ1n) is 2.23. The van der Waals surface area contributed by atoms with Crippen molar-refractivity contribution in [2.75, 3.05) is 0 Å². The molecule has 1 aliphatic rings. The molecule has 1 rings (SSSR count). The van der Waals surface area contributed by atoms with Gasteiger partial charge >= 0.3 is 5.97 Å². The summed E-state index contributed by atoms with van der Waals surface area (Å²) in [5, 5.41) is 9.51. The lowest BCUT2D eigenvalue weighted by Gasteiger charge is -1.95. The van der Waals surface area contributed by atoms with Crippen molar-refractivity contribution in [3.63, 3.8) is 0 Å². The monoisotopic (exact) mass is 163 g/mol. The lowest BCUT2D eigenvalue weighted by atomic mass is 10.4. The molecule has 2 atom stereocenters. The standard InChI is InChI=1S/C4H5NO2S2/c5-9-2-1-3(8-9)4(6)7/h1-3,5H,(H,6,7). The van der Waals surface area contributed by atoms with Crippen LogP contribution in [0.3, 0.4) is 0 Å². The number of hydrogen-bond donors (Lipinski definition) is 2. The molecule has 0 radical (unpaired) electrons. The van der Waals surface area contributed by atoms with Gasteiger partial charge in [0.15, 0.2) is 0 Å². The van der Waals surface area contributed by atoms with Crippen LogP contribution in [0.4, 0.5) is 0 Å². The van der Waals surface area contributed by atoms with Gasteiger partial charge in [-0.15, -0.1) is 0 Å². The first-order valence-corrected chi connectivity index (χ1v) is 4.91. The molecule has 2 unspecified atom stereocenters. The molecule has 1 aliphatic heterocycles. The largest absolute Gasteiger partial charge is 0.480 e. The third-order valence-electron chi connectivity index (χ3n) is 0.828. The average Bonchev–Trinajstić information content (AvgIpc) is 2.14. The highest BCUT2D eigenvalue weighted by Gasteiger charge is 2.20. The smallest absolute Gasteiger partial charge is 0.321 e. The van der Waals surface area contributed by atoms with Crippen LogP contribution in [0.15, 0.2) is 11.5 Å². The Morgan fingerprint density at radius 3 is 2.78 bits per heavy atom. The molecule has 0 aromatic carbocycles. The molecule has 1 heterocycles. The summed E-state index contributed by atoms with van der Waals surface area (Å²) in [6, 6.07) is 0. The van der Waals surface area contributed by atoms with E-state index in [1.54, 1.807) is 11.5 Å². The van der Waals surface area contributed by atoms with E-state index >= 15 is 0 Å². The fourth-order valence-electron chi connectivity index (χ4n) is 0.442. The van der Waals surface area contributed by atoms with Crippen LogP contribution in [0.5, 0.6) is 0 Å². The van der Waals surface area contributed by atoms with Crippen LogP contribution in [0.25, 0.3) is 0 Å². The Balaban J connectivity index is 2.60. The van der Waals surface area contributed by atoms with E-state index in [4.69, 9.17) is 9.89 Å². The SMILES string of the molecule is N=S1C=CC(C(=O)O)S1. The van der Waals surface area contributed by atoms with Crippen molar-refractivity contribution in [1.82, 2.24) is 0 Å². The Kier molecular flexibility index (Phi) is 1.92. The van der Waals surface area contributed by atoms with Gasteiger partial charge in [-0.25, -0.2) is 0 Å². The van der Waals surface area contributed by atoms with Crippen LogP contribution in [-0.2, 0) is 14.5 Å². The molecule has 0 aromatic heterocycles. The summed E-state index contributed by atoms with van der Waals surface area (Å²) in [5.74, 6) is -0.849. The van der Waals surface area contributed by atoms with Crippen molar-refractivity contribution >= 4 is 26.5 Å². The first kappa shape index (κ1) is 6.82. The van der Waals surface area contributed by atoms with Gasteiger partial charge in [-0.3, -0.25) is 9.57 Å². The first-order chi connectivity index (χ1) is 4.20. The van der Waals surface area contributed by atoms with Crippen LogP contribution in [0.1, 0.15) is 0 Å². The molecule has 0 saturated heterocycles. The van der Waals surface area contributed by atoms with Crippen LogP contribution < -0.4 is 0 Å². The van der Waals surface area contributed by atoms with Crippen molar-refractivity contribution in [3.05, 3.63) is 11.5 Å². The van der Waals surface area contributed by atoms with Crippen molar-refractivity contribution in [1.29, 1.82) is 4.78 Å². The van der Waals surface area contributed by atoms with Gasteiger partial charge in [0.1, 0.15) is 5.25 Å². The molecule has 9 heavy (non-hydrogen) atoms. The van der Waals surface area contributed by atoms with E-state index in [1.807, 2.05) is 0 Å². The molecule has 5 heteroatoms. The summed E-state index contributed by atoms with van der Waals surface area (Å²) in [7, 11) is 0.539. The number of carboxylic acid groups (broad SMARTS) is 1. The van der Waals surface area contributed by atoms with E-state index in [-0.39, 0.29) is 0 Å². The van der Waals surface area contributed by atoms with Crippen molar-refractivity contribution in [2.45, 2.75) is 5.25 Å². The van der Waals surface area contributed by atoms with E-state index in [1.165, 1.54) is 0 Å². The maximum absolute atomic E-state index is 10.2. The minimum atomic E-state index is -0.849. The molecule has 0 aliphatic carbocycles. The predicted molar refractivity (Wildman–Crippen MR) is 38.2 cm³/mol. The van der Waals surface area contributed by atoms with Crippen LogP contribution in [-0.4, -0.2) is 16.3 Å². The Morgan fingerprint density at radius 2 is 2.56 bits per heavy atom. The lowest BCUT2D eigenvalue weighted by molar-refractivity contribution is -0.135. The minimum absolute atomic E-state index is 0.481. The van der Waals surface area contributed by atoms with Crippen LogP contribution in [0, 0.1) is 4.78 Å². The summed E-state index contributed by atoms with van der Waals surface area (Å²) in [6.45, 7) is 0. The molecule has 50 valence electrons. The lowest BCUT2D eigenvalue weighted by Crippen LogP contribution is -2.10. The van der Waals surface area contributed by atoms with Crippen molar-refractivity contribution in [2.24, 2.45) is 0 Å². The number of hydrogen-bond acceptors (Lipinski definition) is 3. The van der Waals surface area contributed by atoms with Gasteiger partial charge in [0, 0.05) is 0 Å². The summed E-state index contributed by atoms with van der Waals surface area (Å²) in [4.78, 5) is 10.2. The molecule has 0 aromatic rings. The van der Waals surface area contributed by atoms with Crippen molar-refractivity contribution in [3.8, 4) is 0 Å². The summed E-state index contributed by atoms with van der Waals surface area (Å²) in [6.07, 6.45) is 1.56. The second-order valence-corrected chi connectivity index (χ2v) is 4.70. The highest BCUT2D eigenvalue weighted by Crippen LogP contribution is 2.25. The Labute approximate surface area is 58.4 Å². The van der Waals surface area contributed by atoms with Gasteiger partial charge < -0.3 is 5.11 Å². The van der Waals surface area contributed by atoms with E-state index in [2.05, 4.69) is 0 Å². The number of carbonyl (C=O) groups is 1. The van der Waals surface area contributed by atoms with Gasteiger partial charge in [-0.1, -0.05) is 16.9 Å². The molecule has 0 fully saturated rings. The second kappa shape index (κ2) is 2.53. The van der Waals surface area contributed by atoms with E-state index in [0.29, 0.717) is 0 Å². The highest BCUT2D eigenvalue weighted by atomic mass is 33.1. The number of carboxylic acids is 1. The summed E-state index contributed by atoms with van der Waals surface area (Å²) < 4.78 is 7.10. The molecular weight excluding hydrogens is 158 g/mol. The normalized spacial score (nSPS) is 32.9. The fourth-order valence-corrected chi connectivity index (χ4v) is 2.85. The molecule has 0 spiro atoms. The zero-order valence-electron chi connectivity index (χ0n) is 4.40. The quantitative estimate of drug-likeness (QED) is 0.567. The van der Waals surface area contributed by atoms with E-state index in [0.717, 1.165) is 10.8 Å². The van der Waals surface area contributed by atoms with Gasteiger partial charge in [0.2, 0.25) is 0 Å². The van der Waals surface area contributed by atoms with Crippen LogP contribution >= 0.6 is 10.8 Å². The third kappa shape index (κ3) is 1.56. The molecule has 2 N–H and O–H groups in total. The highest BCUT2D eigenvalue weighted by molar-refractivity contribution is 8.71. The Bertz CT molecular complexity index is 189. The maximum atomic E-state index is 10.2. The number of rotatable bonds is 1. The fraction of sp³-hybridized carbons (Fsp3) is 0.250. The molecule has 0 saturated carbocycles. The average molecular weight is 163 g/mol. The molecular formula is C4H5NO2S2. The topological polar surface area (TPSA) is 61.2 Å². The number of nitrogens with one attached hydrogen (secondary N) is 1. The Hall–Kier alpha value is -0.290. The van der Waals surface area contributed by atoms with Gasteiger partial charge in [-0.2, -0.15) is 0 Å². The number of aliphatic carboxylic acids is 1. The second-order valence-electron chi connectivity index (χ2n) is 1.48. The van der Waals surface area contributed by atoms with Crippen molar-refractivity contribution < 1.29 is 9.90 Å². The van der Waals surface area contributed by atoms with Gasteiger partial charge in [-0.05, 0) is 15.1 Å². The van der Waals surface area contributed by atoms with E-state index in [9.17, 15) is 4.79 Å². The third-order valence-corrected chi connectivity index (χ3v) is 3.58. The zero-order valence-corrected chi connectivity index (χ0v) is 6.04. The van der Waals surface area contributed by atoms with Crippen LogP contribution in [0.2, 0.25) is 0 Å². The molecule has 3 nitrogen and oxygen atoms in total.